The van der Waals surface area contributed by atoms with Gasteiger partial charge in [0.25, 0.3) is 0 Å². The normalized spacial score (nSPS) is 11.7. The molecule has 0 aliphatic heterocycles. The predicted molar refractivity (Wildman–Crippen MR) is 69.5 cm³/mol. The van der Waals surface area contributed by atoms with Gasteiger partial charge in [-0.1, -0.05) is 12.1 Å². The van der Waals surface area contributed by atoms with Crippen LogP contribution in [-0.2, 0) is 0 Å². The molecule has 1 unspecified atom stereocenters. The van der Waals surface area contributed by atoms with E-state index in [1.807, 2.05) is 0 Å². The average Bonchev–Trinajstić information content (AvgIpc) is 2.41. The third kappa shape index (κ3) is 3.08. The predicted octanol–water partition coefficient (Wildman–Crippen LogP) is 3.95. The first-order chi connectivity index (χ1) is 9.10. The highest BCUT2D eigenvalue weighted by Crippen LogP contribution is 2.21. The topological polar surface area (TPSA) is 35.8 Å². The Hall–Kier alpha value is -2.41. The Labute approximate surface area is 110 Å². The van der Waals surface area contributed by atoms with E-state index in [2.05, 4.69) is 11.4 Å². The zero-order chi connectivity index (χ0) is 13.8. The van der Waals surface area contributed by atoms with E-state index < -0.39 is 6.04 Å². The number of hydrogen-bond acceptors (Lipinski definition) is 2. The Kier molecular flexibility index (Phi) is 3.76. The Bertz CT molecular complexity index is 615. The molecule has 0 fully saturated rings. The first-order valence-corrected chi connectivity index (χ1v) is 5.78. The molecule has 2 nitrogen and oxygen atoms in total. The van der Waals surface area contributed by atoms with Gasteiger partial charge < -0.3 is 5.32 Å². The number of nitrogens with zero attached hydrogens (tertiary/aromatic N) is 1. The van der Waals surface area contributed by atoms with Crippen LogP contribution in [0.25, 0.3) is 0 Å². The lowest BCUT2D eigenvalue weighted by molar-refractivity contribution is 0.615. The summed E-state index contributed by atoms with van der Waals surface area (Å²) in [4.78, 5) is 0. The molecule has 0 aromatic heterocycles. The fourth-order valence-electron chi connectivity index (χ4n) is 1.69. The maximum Gasteiger partial charge on any atom is 0.140 e. The van der Waals surface area contributed by atoms with Crippen LogP contribution in [-0.4, -0.2) is 0 Å². The van der Waals surface area contributed by atoms with Crippen LogP contribution in [0.15, 0.2) is 42.5 Å². The van der Waals surface area contributed by atoms with Crippen LogP contribution in [0.2, 0.25) is 0 Å². The van der Waals surface area contributed by atoms with Crippen molar-refractivity contribution >= 4 is 5.69 Å². The molecule has 0 radical (unpaired) electrons. The molecule has 2 aromatic rings. The molecule has 19 heavy (non-hydrogen) atoms. The Morgan fingerprint density at radius 1 is 1.11 bits per heavy atom. The van der Waals surface area contributed by atoms with Gasteiger partial charge in [0, 0.05) is 5.69 Å². The molecule has 1 atom stereocenters. The number of nitrogens with one attached hydrogen (secondary N) is 1. The minimum atomic E-state index is -0.680. The van der Waals surface area contributed by atoms with E-state index in [1.165, 1.54) is 30.3 Å². The zero-order valence-corrected chi connectivity index (χ0v) is 10.3. The summed E-state index contributed by atoms with van der Waals surface area (Å²) < 4.78 is 26.3. The summed E-state index contributed by atoms with van der Waals surface area (Å²) in [6, 6.07) is 11.7. The molecule has 2 aromatic carbocycles. The lowest BCUT2D eigenvalue weighted by Gasteiger charge is -2.13. The quantitative estimate of drug-likeness (QED) is 0.904. The molecular weight excluding hydrogens is 246 g/mol. The number of aryl methyl sites for hydroxylation is 1. The van der Waals surface area contributed by atoms with Gasteiger partial charge in [-0.2, -0.15) is 5.26 Å². The Morgan fingerprint density at radius 2 is 1.79 bits per heavy atom. The number of rotatable bonds is 3. The molecule has 0 saturated heterocycles. The molecule has 0 aliphatic rings. The van der Waals surface area contributed by atoms with E-state index in [-0.39, 0.29) is 11.6 Å². The van der Waals surface area contributed by atoms with Crippen LogP contribution in [0.4, 0.5) is 14.5 Å². The van der Waals surface area contributed by atoms with Crippen molar-refractivity contribution in [3.05, 3.63) is 65.2 Å². The van der Waals surface area contributed by atoms with E-state index in [0.717, 1.165) is 0 Å². The monoisotopic (exact) mass is 258 g/mol. The van der Waals surface area contributed by atoms with Gasteiger partial charge in [0.2, 0.25) is 0 Å². The molecule has 2 rings (SSSR count). The largest absolute Gasteiger partial charge is 0.366 e. The van der Waals surface area contributed by atoms with Crippen LogP contribution in [0.5, 0.6) is 0 Å². The van der Waals surface area contributed by atoms with Gasteiger partial charge in [0.1, 0.15) is 17.7 Å². The second-order valence-electron chi connectivity index (χ2n) is 4.22. The van der Waals surface area contributed by atoms with E-state index in [9.17, 15) is 8.78 Å². The van der Waals surface area contributed by atoms with Gasteiger partial charge in [-0.15, -0.1) is 0 Å². The Morgan fingerprint density at radius 3 is 2.37 bits per heavy atom. The summed E-state index contributed by atoms with van der Waals surface area (Å²) in [6.45, 7) is 1.66. The van der Waals surface area contributed by atoms with Crippen LogP contribution in [0, 0.1) is 29.9 Å². The molecule has 0 amide bonds. The van der Waals surface area contributed by atoms with E-state index in [0.29, 0.717) is 16.8 Å². The smallest absolute Gasteiger partial charge is 0.140 e. The standard InChI is InChI=1S/C15H12F2N2/c1-10-2-3-11(8-14(10)17)15(9-18)19-13-6-4-12(16)5-7-13/h2-8,15,19H,1H3. The number of nitriles is 1. The van der Waals surface area contributed by atoms with Crippen LogP contribution in [0.1, 0.15) is 17.2 Å². The van der Waals surface area contributed by atoms with Crippen LogP contribution in [0.3, 0.4) is 0 Å². The van der Waals surface area contributed by atoms with E-state index >= 15 is 0 Å². The van der Waals surface area contributed by atoms with Crippen molar-refractivity contribution in [2.45, 2.75) is 13.0 Å². The van der Waals surface area contributed by atoms with Gasteiger partial charge in [-0.05, 0) is 48.4 Å². The first-order valence-electron chi connectivity index (χ1n) is 5.78. The zero-order valence-electron chi connectivity index (χ0n) is 10.3. The highest BCUT2D eigenvalue weighted by atomic mass is 19.1. The number of hydrogen-bond donors (Lipinski definition) is 1. The van der Waals surface area contributed by atoms with Gasteiger partial charge in [-0.25, -0.2) is 8.78 Å². The summed E-state index contributed by atoms with van der Waals surface area (Å²) in [5.74, 6) is -0.695. The van der Waals surface area contributed by atoms with Gasteiger partial charge in [0.15, 0.2) is 0 Å². The lowest BCUT2D eigenvalue weighted by atomic mass is 10.1. The molecule has 0 spiro atoms. The third-order valence-electron chi connectivity index (χ3n) is 2.81. The maximum absolute atomic E-state index is 13.5. The van der Waals surface area contributed by atoms with Gasteiger partial charge in [-0.3, -0.25) is 0 Å². The van der Waals surface area contributed by atoms with Crippen molar-refractivity contribution in [2.24, 2.45) is 0 Å². The number of halogens is 2. The summed E-state index contributed by atoms with van der Waals surface area (Å²) in [6.07, 6.45) is 0. The Balaban J connectivity index is 2.23. The van der Waals surface area contributed by atoms with Crippen molar-refractivity contribution in [2.75, 3.05) is 5.32 Å². The fourth-order valence-corrected chi connectivity index (χ4v) is 1.69. The second kappa shape index (κ2) is 5.49. The molecule has 1 N–H and O–H groups in total. The minimum Gasteiger partial charge on any atom is -0.366 e. The molecule has 96 valence electrons. The highest BCUT2D eigenvalue weighted by Gasteiger charge is 2.12. The minimum absolute atomic E-state index is 0.347. The van der Waals surface area contributed by atoms with Crippen molar-refractivity contribution in [3.8, 4) is 6.07 Å². The first kappa shape index (κ1) is 13.0. The number of anilines is 1. The number of benzene rings is 2. The van der Waals surface area contributed by atoms with Crippen LogP contribution >= 0.6 is 0 Å². The molecule has 0 heterocycles. The SMILES string of the molecule is Cc1ccc(C(C#N)Nc2ccc(F)cc2)cc1F. The van der Waals surface area contributed by atoms with Gasteiger partial charge in [0.05, 0.1) is 6.07 Å². The second-order valence-corrected chi connectivity index (χ2v) is 4.22. The fraction of sp³-hybridized carbons (Fsp3) is 0.133. The van der Waals surface area contributed by atoms with Crippen molar-refractivity contribution in [1.82, 2.24) is 0 Å². The summed E-state index contributed by atoms with van der Waals surface area (Å²) in [5, 5.41) is 12.1. The maximum atomic E-state index is 13.5. The molecule has 4 heteroatoms. The van der Waals surface area contributed by atoms with E-state index in [1.54, 1.807) is 19.1 Å². The van der Waals surface area contributed by atoms with Crippen molar-refractivity contribution in [3.63, 3.8) is 0 Å². The molecule has 0 bridgehead atoms. The summed E-state index contributed by atoms with van der Waals surface area (Å²) >= 11 is 0. The van der Waals surface area contributed by atoms with Crippen molar-refractivity contribution < 1.29 is 8.78 Å². The van der Waals surface area contributed by atoms with Crippen LogP contribution < -0.4 is 5.32 Å². The third-order valence-corrected chi connectivity index (χ3v) is 2.81. The average molecular weight is 258 g/mol. The highest BCUT2D eigenvalue weighted by molar-refractivity contribution is 5.47. The molecular formula is C15H12F2N2. The molecule has 0 saturated carbocycles. The van der Waals surface area contributed by atoms with E-state index in [4.69, 9.17) is 5.26 Å². The van der Waals surface area contributed by atoms with Crippen molar-refractivity contribution in [1.29, 1.82) is 5.26 Å². The summed E-state index contributed by atoms with van der Waals surface area (Å²) in [7, 11) is 0. The summed E-state index contributed by atoms with van der Waals surface area (Å²) in [5.41, 5.74) is 1.67. The molecule has 0 aliphatic carbocycles. The van der Waals surface area contributed by atoms with Gasteiger partial charge >= 0.3 is 0 Å². The lowest BCUT2D eigenvalue weighted by Crippen LogP contribution is -2.09.